The summed E-state index contributed by atoms with van der Waals surface area (Å²) in [4.78, 5) is 42.9. The first-order chi connectivity index (χ1) is 16.7. The molecule has 35 heavy (non-hydrogen) atoms. The number of aromatic hydroxyl groups is 1. The standard InChI is InChI=1S/C24H21N5O6/c1-13-10-14(2)29(27-13)20-9-4-15(11-18(20)23(32)33)25-12-19-21(30)26-24(34)28(22(19)31)16-5-7-17(35-3)8-6-16/h4-12,31H,1-3H3,(H,32,33)(H,26,30,34). The first-order valence-corrected chi connectivity index (χ1v) is 10.4. The molecule has 0 saturated heterocycles. The molecule has 0 fully saturated rings. The summed E-state index contributed by atoms with van der Waals surface area (Å²) in [5.41, 5.74) is 0.357. The minimum absolute atomic E-state index is 0.0489. The van der Waals surface area contributed by atoms with Crippen LogP contribution in [-0.2, 0) is 0 Å². The first-order valence-electron chi connectivity index (χ1n) is 10.4. The number of ether oxygens (including phenoxy) is 1. The third kappa shape index (κ3) is 4.47. The number of aromatic carboxylic acids is 1. The maximum Gasteiger partial charge on any atom is 0.337 e. The van der Waals surface area contributed by atoms with Gasteiger partial charge in [0.15, 0.2) is 0 Å². The van der Waals surface area contributed by atoms with Crippen LogP contribution in [0.2, 0.25) is 0 Å². The number of rotatable bonds is 6. The number of aliphatic imine (C=N–C) groups is 1. The van der Waals surface area contributed by atoms with Gasteiger partial charge in [-0.05, 0) is 62.4 Å². The molecule has 0 radical (unpaired) electrons. The van der Waals surface area contributed by atoms with Gasteiger partial charge in [-0.2, -0.15) is 5.10 Å². The second-order valence-electron chi connectivity index (χ2n) is 7.63. The predicted octanol–water partition coefficient (Wildman–Crippen LogP) is 2.49. The van der Waals surface area contributed by atoms with Crippen LogP contribution in [0.15, 0.2) is 63.1 Å². The predicted molar refractivity (Wildman–Crippen MR) is 128 cm³/mol. The van der Waals surface area contributed by atoms with Crippen LogP contribution in [0.4, 0.5) is 5.69 Å². The van der Waals surface area contributed by atoms with Crippen LogP contribution < -0.4 is 16.0 Å². The molecule has 2 aromatic carbocycles. The Balaban J connectivity index is 1.76. The van der Waals surface area contributed by atoms with Crippen LogP contribution in [-0.4, -0.2) is 48.8 Å². The topological polar surface area (TPSA) is 152 Å². The van der Waals surface area contributed by atoms with Crippen molar-refractivity contribution in [2.45, 2.75) is 13.8 Å². The van der Waals surface area contributed by atoms with Gasteiger partial charge in [0.25, 0.3) is 5.56 Å². The Morgan fingerprint density at radius 3 is 2.43 bits per heavy atom. The monoisotopic (exact) mass is 475 g/mol. The van der Waals surface area contributed by atoms with Crippen molar-refractivity contribution in [3.63, 3.8) is 0 Å². The largest absolute Gasteiger partial charge is 0.497 e. The number of benzene rings is 2. The summed E-state index contributed by atoms with van der Waals surface area (Å²) >= 11 is 0. The highest BCUT2D eigenvalue weighted by atomic mass is 16.5. The molecule has 11 nitrogen and oxygen atoms in total. The molecule has 0 atom stereocenters. The average Bonchev–Trinajstić information content (AvgIpc) is 3.16. The number of nitrogens with one attached hydrogen (secondary N) is 1. The van der Waals surface area contributed by atoms with E-state index in [-0.39, 0.29) is 16.8 Å². The lowest BCUT2D eigenvalue weighted by atomic mass is 10.1. The molecule has 0 unspecified atom stereocenters. The van der Waals surface area contributed by atoms with Crippen molar-refractivity contribution >= 4 is 17.9 Å². The van der Waals surface area contributed by atoms with E-state index in [1.165, 1.54) is 30.0 Å². The molecule has 0 aliphatic heterocycles. The van der Waals surface area contributed by atoms with Gasteiger partial charge in [0.05, 0.1) is 35.4 Å². The van der Waals surface area contributed by atoms with E-state index < -0.39 is 23.1 Å². The van der Waals surface area contributed by atoms with Gasteiger partial charge in [-0.3, -0.25) is 14.8 Å². The molecule has 0 aliphatic carbocycles. The van der Waals surface area contributed by atoms with E-state index in [9.17, 15) is 24.6 Å². The van der Waals surface area contributed by atoms with Gasteiger partial charge in [0.2, 0.25) is 5.88 Å². The first kappa shape index (κ1) is 23.2. The van der Waals surface area contributed by atoms with Crippen molar-refractivity contribution < 1.29 is 19.7 Å². The normalized spacial score (nSPS) is 11.2. The number of aromatic amines is 1. The van der Waals surface area contributed by atoms with E-state index in [1.54, 1.807) is 31.2 Å². The summed E-state index contributed by atoms with van der Waals surface area (Å²) < 4.78 is 7.53. The molecule has 11 heteroatoms. The van der Waals surface area contributed by atoms with Crippen molar-refractivity contribution in [1.29, 1.82) is 0 Å². The van der Waals surface area contributed by atoms with Crippen molar-refractivity contribution in [2.75, 3.05) is 7.11 Å². The van der Waals surface area contributed by atoms with Crippen LogP contribution in [0, 0.1) is 13.8 Å². The molecule has 0 spiro atoms. The summed E-state index contributed by atoms with van der Waals surface area (Å²) in [6.07, 6.45) is 1.07. The number of carbonyl (C=O) groups is 1. The van der Waals surface area contributed by atoms with Gasteiger partial charge in [-0.1, -0.05) is 0 Å². The number of aryl methyl sites for hydroxylation is 2. The molecule has 0 amide bonds. The Morgan fingerprint density at radius 2 is 1.83 bits per heavy atom. The molecule has 0 bridgehead atoms. The van der Waals surface area contributed by atoms with E-state index in [0.29, 0.717) is 17.1 Å². The Labute approximate surface area is 198 Å². The molecule has 0 saturated carbocycles. The highest BCUT2D eigenvalue weighted by Gasteiger charge is 2.17. The number of methoxy groups -OCH3 is 1. The highest BCUT2D eigenvalue weighted by Crippen LogP contribution is 2.24. The van der Waals surface area contributed by atoms with Crippen LogP contribution in [0.25, 0.3) is 11.4 Å². The van der Waals surface area contributed by atoms with Crippen LogP contribution in [0.5, 0.6) is 11.6 Å². The molecule has 3 N–H and O–H groups in total. The smallest absolute Gasteiger partial charge is 0.337 e. The van der Waals surface area contributed by atoms with Gasteiger partial charge >= 0.3 is 11.7 Å². The third-order valence-corrected chi connectivity index (χ3v) is 5.24. The molecule has 2 aromatic heterocycles. The Morgan fingerprint density at radius 1 is 1.11 bits per heavy atom. The zero-order chi connectivity index (χ0) is 25.3. The second kappa shape index (κ2) is 9.14. The van der Waals surface area contributed by atoms with Crippen LogP contribution in [0.1, 0.15) is 27.3 Å². The fourth-order valence-electron chi connectivity index (χ4n) is 3.60. The lowest BCUT2D eigenvalue weighted by Crippen LogP contribution is -2.31. The van der Waals surface area contributed by atoms with Crippen LogP contribution in [0.3, 0.4) is 0 Å². The number of hydrogen-bond acceptors (Lipinski definition) is 7. The number of hydrogen-bond donors (Lipinski definition) is 3. The Kier molecular flexibility index (Phi) is 6.07. The Bertz CT molecular complexity index is 1580. The summed E-state index contributed by atoms with van der Waals surface area (Å²) in [6, 6.07) is 12.5. The second-order valence-corrected chi connectivity index (χ2v) is 7.63. The quantitative estimate of drug-likeness (QED) is 0.362. The van der Waals surface area contributed by atoms with Gasteiger partial charge in [0, 0.05) is 11.9 Å². The van der Waals surface area contributed by atoms with E-state index in [4.69, 9.17) is 4.74 Å². The maximum atomic E-state index is 12.4. The van der Waals surface area contributed by atoms with Gasteiger partial charge in [0.1, 0.15) is 11.3 Å². The average molecular weight is 475 g/mol. The number of nitrogens with zero attached hydrogens (tertiary/aromatic N) is 4. The summed E-state index contributed by atoms with van der Waals surface area (Å²) in [7, 11) is 1.49. The van der Waals surface area contributed by atoms with Crippen molar-refractivity contribution in [3.05, 3.63) is 91.9 Å². The zero-order valence-corrected chi connectivity index (χ0v) is 19.0. The van der Waals surface area contributed by atoms with Crippen molar-refractivity contribution in [2.24, 2.45) is 4.99 Å². The van der Waals surface area contributed by atoms with Crippen LogP contribution >= 0.6 is 0 Å². The summed E-state index contributed by atoms with van der Waals surface area (Å²) in [5, 5.41) is 24.7. The fraction of sp³-hybridized carbons (Fsp3) is 0.125. The lowest BCUT2D eigenvalue weighted by Gasteiger charge is -2.10. The fourth-order valence-corrected chi connectivity index (χ4v) is 3.60. The molecule has 178 valence electrons. The number of carboxylic acids is 1. The highest BCUT2D eigenvalue weighted by molar-refractivity contribution is 5.93. The molecule has 2 heterocycles. The number of carboxylic acid groups (broad SMARTS) is 1. The van der Waals surface area contributed by atoms with Crippen molar-refractivity contribution in [3.8, 4) is 23.0 Å². The Hall–Kier alpha value is -4.93. The molecule has 4 aromatic rings. The number of H-pyrrole nitrogens is 1. The van der Waals surface area contributed by atoms with E-state index in [2.05, 4.69) is 15.1 Å². The summed E-state index contributed by atoms with van der Waals surface area (Å²) in [6.45, 7) is 3.61. The van der Waals surface area contributed by atoms with Gasteiger partial charge < -0.3 is 14.9 Å². The van der Waals surface area contributed by atoms with E-state index >= 15 is 0 Å². The number of aromatic nitrogens is 4. The summed E-state index contributed by atoms with van der Waals surface area (Å²) in [5.74, 6) is -1.26. The lowest BCUT2D eigenvalue weighted by molar-refractivity contribution is 0.0696. The van der Waals surface area contributed by atoms with E-state index in [1.807, 2.05) is 13.0 Å². The molecular formula is C24H21N5O6. The SMILES string of the molecule is COc1ccc(-n2c(O)c(C=Nc3ccc(-n4nc(C)cc4C)c(C(=O)O)c3)c(=O)[nH]c2=O)cc1. The van der Waals surface area contributed by atoms with E-state index in [0.717, 1.165) is 22.2 Å². The minimum atomic E-state index is -1.18. The van der Waals surface area contributed by atoms with Gasteiger partial charge in [-0.25, -0.2) is 18.8 Å². The minimum Gasteiger partial charge on any atom is -0.497 e. The molecular weight excluding hydrogens is 454 g/mol. The third-order valence-electron chi connectivity index (χ3n) is 5.24. The van der Waals surface area contributed by atoms with Gasteiger partial charge in [-0.15, -0.1) is 0 Å². The molecule has 4 rings (SSSR count). The molecule has 0 aliphatic rings. The van der Waals surface area contributed by atoms with Crippen molar-refractivity contribution in [1.82, 2.24) is 19.3 Å². The maximum absolute atomic E-state index is 12.4. The zero-order valence-electron chi connectivity index (χ0n) is 19.0.